The molecular weight excluding hydrogens is 409 g/mol. The molecule has 0 bridgehead atoms. The number of carbonyl (C=O) groups excluding carboxylic acids is 1. The van der Waals surface area contributed by atoms with Gasteiger partial charge in [0.15, 0.2) is 0 Å². The van der Waals surface area contributed by atoms with Crippen LogP contribution >= 0.6 is 0 Å². The van der Waals surface area contributed by atoms with Crippen LogP contribution in [0.15, 0.2) is 0 Å². The van der Waals surface area contributed by atoms with Crippen molar-refractivity contribution in [2.24, 2.45) is 23.1 Å². The van der Waals surface area contributed by atoms with Gasteiger partial charge in [-0.1, -0.05) is 6.42 Å². The topological polar surface area (TPSA) is 223 Å². The zero-order valence-electron chi connectivity index (χ0n) is 15.9. The fraction of sp³-hybridized carbons (Fsp3) is 0.857. The first-order valence-corrected chi connectivity index (χ1v) is 10.6. The number of nitrogens with zero attached hydrogens (tertiary/aromatic N) is 2. The van der Waals surface area contributed by atoms with Gasteiger partial charge in [0.2, 0.25) is 0 Å². The number of hydrogen-bond donors (Lipinski definition) is 6. The van der Waals surface area contributed by atoms with Crippen molar-refractivity contribution in [3.63, 3.8) is 0 Å². The maximum Gasteiger partial charge on any atom is 0.451 e. The number of amides is 1. The van der Waals surface area contributed by atoms with Crippen LogP contribution in [0.5, 0.6) is 0 Å². The van der Waals surface area contributed by atoms with E-state index in [1.54, 1.807) is 0 Å². The van der Waals surface area contributed by atoms with Crippen LogP contribution in [0.3, 0.4) is 0 Å². The molecule has 0 aromatic heterocycles. The summed E-state index contributed by atoms with van der Waals surface area (Å²) in [5.74, 6) is -3.06. The Labute approximate surface area is 169 Å². The highest BCUT2D eigenvalue weighted by molar-refractivity contribution is 7.87. The molecule has 2 rings (SSSR count). The fourth-order valence-corrected chi connectivity index (χ4v) is 5.29. The first kappa shape index (κ1) is 23.9. The largest absolute Gasteiger partial charge is 0.480 e. The van der Waals surface area contributed by atoms with Gasteiger partial charge < -0.3 is 37.1 Å². The van der Waals surface area contributed by atoms with E-state index in [0.29, 0.717) is 4.31 Å². The van der Waals surface area contributed by atoms with E-state index >= 15 is 0 Å². The van der Waals surface area contributed by atoms with Gasteiger partial charge in [0, 0.05) is 25.6 Å². The van der Waals surface area contributed by atoms with Crippen LogP contribution in [0, 0.1) is 5.92 Å². The van der Waals surface area contributed by atoms with Gasteiger partial charge in [-0.25, -0.2) is 4.31 Å². The van der Waals surface area contributed by atoms with Crippen molar-refractivity contribution in [1.29, 1.82) is 0 Å². The first-order valence-electron chi connectivity index (χ1n) is 9.20. The van der Waals surface area contributed by atoms with Gasteiger partial charge in [0.1, 0.15) is 5.54 Å². The molecule has 0 aliphatic carbocycles. The molecule has 0 radical (unpaired) electrons. The number of carboxylic acid groups (broad SMARTS) is 1. The Morgan fingerprint density at radius 1 is 1.34 bits per heavy atom. The average Bonchev–Trinajstić information content (AvgIpc) is 2.95. The van der Waals surface area contributed by atoms with Crippen molar-refractivity contribution in [3.05, 3.63) is 0 Å². The quantitative estimate of drug-likeness (QED) is 0.179. The van der Waals surface area contributed by atoms with Gasteiger partial charge in [0.25, 0.3) is 5.91 Å². The minimum absolute atomic E-state index is 0.000612. The second kappa shape index (κ2) is 9.22. The molecule has 2 aliphatic rings. The van der Waals surface area contributed by atoms with E-state index in [-0.39, 0.29) is 45.5 Å². The predicted octanol–water partition coefficient (Wildman–Crippen LogP) is -4.29. The summed E-state index contributed by atoms with van der Waals surface area (Å²) in [5, 5.41) is 27.5. The third-order valence-corrected chi connectivity index (χ3v) is 7.22. The highest BCUT2D eigenvalue weighted by Gasteiger charge is 2.55. The molecular formula is C14H28BN5O8S. The summed E-state index contributed by atoms with van der Waals surface area (Å²) in [6.07, 6.45) is 0.392. The van der Waals surface area contributed by atoms with Crippen molar-refractivity contribution >= 4 is 29.2 Å². The standard InChI is InChI=1S/C14H28BN5O8S/c16-4-11(17)12(21)20(10-6-28-7-10)29(26,27)19-5-9(2-1-3-15(24)25)14(18,8-19)13(22)23/h9-11,24-25H,1-8,16-18H2,(H,22,23)/t9-,11?,14-/m0/s1. The van der Waals surface area contributed by atoms with Gasteiger partial charge in [-0.2, -0.15) is 12.7 Å². The normalized spacial score (nSPS) is 26.7. The lowest BCUT2D eigenvalue weighted by Crippen LogP contribution is -2.62. The summed E-state index contributed by atoms with van der Waals surface area (Å²) < 4.78 is 32.9. The van der Waals surface area contributed by atoms with E-state index in [2.05, 4.69) is 0 Å². The summed E-state index contributed by atoms with van der Waals surface area (Å²) in [6.45, 7) is -1.03. The van der Waals surface area contributed by atoms with Crippen LogP contribution in [0.2, 0.25) is 6.32 Å². The third-order valence-electron chi connectivity index (χ3n) is 5.32. The van der Waals surface area contributed by atoms with E-state index in [4.69, 9.17) is 32.0 Å². The Hall–Kier alpha value is -1.33. The van der Waals surface area contributed by atoms with Crippen LogP contribution in [0.4, 0.5) is 0 Å². The molecule has 0 aromatic rings. The highest BCUT2D eigenvalue weighted by atomic mass is 32.2. The van der Waals surface area contributed by atoms with Crippen LogP contribution in [-0.2, 0) is 24.5 Å². The van der Waals surface area contributed by atoms with E-state index in [9.17, 15) is 23.1 Å². The lowest BCUT2D eigenvalue weighted by molar-refractivity contribution is -0.144. The van der Waals surface area contributed by atoms with E-state index in [0.717, 1.165) is 4.31 Å². The molecule has 1 amide bonds. The molecule has 2 fully saturated rings. The van der Waals surface area contributed by atoms with Crippen LogP contribution in [0.25, 0.3) is 0 Å². The SMILES string of the molecule is NCC(N)C(=O)N(C1COC1)S(=O)(=O)N1C[C@H](CCCB(O)O)[C@](N)(C(=O)O)C1. The zero-order valence-corrected chi connectivity index (χ0v) is 16.7. The fourth-order valence-electron chi connectivity index (χ4n) is 3.44. The molecule has 29 heavy (non-hydrogen) atoms. The number of ether oxygens (including phenoxy) is 1. The van der Waals surface area contributed by atoms with Crippen molar-refractivity contribution in [3.8, 4) is 0 Å². The molecule has 0 aromatic carbocycles. The summed E-state index contributed by atoms with van der Waals surface area (Å²) in [5.41, 5.74) is 15.2. The van der Waals surface area contributed by atoms with E-state index in [1.807, 2.05) is 0 Å². The van der Waals surface area contributed by atoms with Crippen molar-refractivity contribution in [2.45, 2.75) is 36.8 Å². The second-order valence-electron chi connectivity index (χ2n) is 7.42. The van der Waals surface area contributed by atoms with Crippen LogP contribution in [0.1, 0.15) is 12.8 Å². The lowest BCUT2D eigenvalue weighted by Gasteiger charge is -2.39. The van der Waals surface area contributed by atoms with Gasteiger partial charge in [0.05, 0.1) is 25.3 Å². The molecule has 0 spiro atoms. The monoisotopic (exact) mass is 437 g/mol. The molecule has 15 heteroatoms. The molecule has 1 unspecified atom stereocenters. The van der Waals surface area contributed by atoms with Crippen molar-refractivity contribution in [2.75, 3.05) is 32.8 Å². The lowest BCUT2D eigenvalue weighted by atomic mass is 9.78. The molecule has 2 heterocycles. The summed E-state index contributed by atoms with van der Waals surface area (Å²) in [6, 6.07) is -2.00. The Morgan fingerprint density at radius 3 is 2.41 bits per heavy atom. The van der Waals surface area contributed by atoms with Gasteiger partial charge in [-0.3, -0.25) is 9.59 Å². The maximum absolute atomic E-state index is 13.2. The molecule has 166 valence electrons. The Morgan fingerprint density at radius 2 is 1.97 bits per heavy atom. The first-order chi connectivity index (χ1) is 13.4. The number of carboxylic acids is 1. The van der Waals surface area contributed by atoms with Crippen molar-refractivity contribution in [1.82, 2.24) is 8.61 Å². The van der Waals surface area contributed by atoms with E-state index < -0.39 is 59.3 Å². The summed E-state index contributed by atoms with van der Waals surface area (Å²) >= 11 is 0. The highest BCUT2D eigenvalue weighted by Crippen LogP contribution is 2.34. The number of aliphatic carboxylic acids is 1. The minimum atomic E-state index is -4.43. The minimum Gasteiger partial charge on any atom is -0.480 e. The molecule has 13 nitrogen and oxygen atoms in total. The Balaban J connectivity index is 2.27. The number of carbonyl (C=O) groups is 2. The Bertz CT molecular complexity index is 721. The van der Waals surface area contributed by atoms with Gasteiger partial charge in [-0.05, 0) is 12.7 Å². The molecule has 9 N–H and O–H groups in total. The van der Waals surface area contributed by atoms with Crippen LogP contribution in [-0.4, -0.2) is 102 Å². The number of hydrogen-bond acceptors (Lipinski definition) is 10. The molecule has 3 atom stereocenters. The van der Waals surface area contributed by atoms with Crippen molar-refractivity contribution < 1.29 is 37.9 Å². The Kier molecular flexibility index (Phi) is 7.61. The van der Waals surface area contributed by atoms with Crippen LogP contribution < -0.4 is 17.2 Å². The molecule has 0 saturated carbocycles. The second-order valence-corrected chi connectivity index (χ2v) is 9.23. The number of nitrogens with two attached hydrogens (primary N) is 3. The zero-order chi connectivity index (χ0) is 22.0. The summed E-state index contributed by atoms with van der Waals surface area (Å²) in [7, 11) is -5.99. The van der Waals surface area contributed by atoms with E-state index in [1.165, 1.54) is 0 Å². The third kappa shape index (κ3) is 4.88. The maximum atomic E-state index is 13.2. The number of rotatable bonds is 10. The van der Waals surface area contributed by atoms with Gasteiger partial charge >= 0.3 is 23.3 Å². The summed E-state index contributed by atoms with van der Waals surface area (Å²) in [4.78, 5) is 24.4. The molecule has 2 saturated heterocycles. The smallest absolute Gasteiger partial charge is 0.451 e. The average molecular weight is 437 g/mol. The predicted molar refractivity (Wildman–Crippen MR) is 101 cm³/mol. The van der Waals surface area contributed by atoms with Gasteiger partial charge in [-0.15, -0.1) is 0 Å². The molecule has 2 aliphatic heterocycles.